The quantitative estimate of drug-likeness (QED) is 0.230. The maximum Gasteiger partial charge on any atom is 0.303 e. The fraction of sp³-hybridized carbons (Fsp3) is 0.419. The average Bonchev–Trinajstić information content (AvgIpc) is 3.62. The van der Waals surface area contributed by atoms with Crippen LogP contribution in [0.5, 0.6) is 5.75 Å². The number of hydrogen-bond acceptors (Lipinski definition) is 11. The Hall–Kier alpha value is -4.42. The van der Waals surface area contributed by atoms with Crippen molar-refractivity contribution in [2.45, 2.75) is 77.5 Å². The number of epoxide rings is 1. The molecule has 3 aromatic rings. The summed E-state index contributed by atoms with van der Waals surface area (Å²) in [5.74, 6) is -2.53. The number of esters is 4. The zero-order valence-corrected chi connectivity index (χ0v) is 24.3. The molecule has 12 heteroatoms. The molecule has 12 nitrogen and oxygen atoms in total. The molecular weight excluding hydrogens is 562 g/mol. The zero-order chi connectivity index (χ0) is 31.0. The van der Waals surface area contributed by atoms with Crippen molar-refractivity contribution in [1.82, 2.24) is 4.57 Å². The van der Waals surface area contributed by atoms with E-state index in [0.29, 0.717) is 0 Å². The van der Waals surface area contributed by atoms with Crippen LogP contribution in [0.1, 0.15) is 62.8 Å². The number of rotatable bonds is 8. The first-order valence-corrected chi connectivity index (χ1v) is 13.8. The number of ether oxygens (including phenoxy) is 6. The monoisotopic (exact) mass is 595 g/mol. The molecule has 0 aliphatic carbocycles. The van der Waals surface area contributed by atoms with Crippen LogP contribution in [0.15, 0.2) is 48.7 Å². The van der Waals surface area contributed by atoms with E-state index in [-0.39, 0.29) is 24.6 Å². The number of phenolic OH excluding ortho intramolecular Hbond substituents is 1. The summed E-state index contributed by atoms with van der Waals surface area (Å²) in [6, 6.07) is 12.5. The van der Waals surface area contributed by atoms with Crippen molar-refractivity contribution in [1.29, 1.82) is 0 Å². The molecule has 2 saturated heterocycles. The van der Waals surface area contributed by atoms with Gasteiger partial charge in [-0.3, -0.25) is 19.2 Å². The molecule has 2 aliphatic heterocycles. The molecule has 2 aromatic carbocycles. The van der Waals surface area contributed by atoms with Crippen molar-refractivity contribution in [2.75, 3.05) is 6.61 Å². The SMILES string of the molecule is CC(=O)OC[C@H]1O[C@@H](n2cc(C3OC3c3ccc(O)cc3)c3c(C)cccc32)[C@H](OC(C)=O)[C@@H](OC(C)=O)[C@@H]1OC(C)=O. The molecule has 2 unspecified atom stereocenters. The van der Waals surface area contributed by atoms with Gasteiger partial charge in [-0.2, -0.15) is 0 Å². The van der Waals surface area contributed by atoms with E-state index in [0.717, 1.165) is 27.6 Å². The van der Waals surface area contributed by atoms with E-state index in [9.17, 15) is 24.3 Å². The third-order valence-corrected chi connectivity index (χ3v) is 7.36. The number of carbonyl (C=O) groups is 4. The second-order valence-electron chi connectivity index (χ2n) is 10.6. The lowest BCUT2D eigenvalue weighted by Gasteiger charge is -2.44. The van der Waals surface area contributed by atoms with Crippen LogP contribution in [0.25, 0.3) is 10.9 Å². The molecule has 0 saturated carbocycles. The summed E-state index contributed by atoms with van der Waals surface area (Å²) in [5, 5.41) is 10.6. The fourth-order valence-corrected chi connectivity index (χ4v) is 5.65. The first kappa shape index (κ1) is 30.1. The Balaban J connectivity index is 1.62. The second-order valence-corrected chi connectivity index (χ2v) is 10.6. The maximum atomic E-state index is 12.4. The molecule has 5 rings (SSSR count). The van der Waals surface area contributed by atoms with Gasteiger partial charge >= 0.3 is 23.9 Å². The van der Waals surface area contributed by atoms with Crippen molar-refractivity contribution in [3.8, 4) is 5.75 Å². The van der Waals surface area contributed by atoms with Gasteiger partial charge in [-0.15, -0.1) is 0 Å². The number of aromatic nitrogens is 1. The van der Waals surface area contributed by atoms with Gasteiger partial charge in [0.25, 0.3) is 0 Å². The molecule has 43 heavy (non-hydrogen) atoms. The van der Waals surface area contributed by atoms with Crippen LogP contribution in [0.3, 0.4) is 0 Å². The van der Waals surface area contributed by atoms with E-state index >= 15 is 0 Å². The number of aryl methyl sites for hydroxylation is 1. The van der Waals surface area contributed by atoms with E-state index in [2.05, 4.69) is 0 Å². The van der Waals surface area contributed by atoms with E-state index in [1.54, 1.807) is 28.8 Å². The number of hydrogen-bond donors (Lipinski definition) is 1. The third kappa shape index (κ3) is 6.35. The molecular formula is C31H33NO11. The fourth-order valence-electron chi connectivity index (χ4n) is 5.65. The molecule has 2 fully saturated rings. The number of benzene rings is 2. The van der Waals surface area contributed by atoms with Gasteiger partial charge in [-0.05, 0) is 36.2 Å². The summed E-state index contributed by atoms with van der Waals surface area (Å²) < 4.78 is 36.3. The number of phenols is 1. The van der Waals surface area contributed by atoms with Crippen LogP contribution in [-0.2, 0) is 47.6 Å². The molecule has 228 valence electrons. The number of carbonyl (C=O) groups excluding carboxylic acids is 4. The summed E-state index contributed by atoms with van der Waals surface area (Å²) in [7, 11) is 0. The van der Waals surface area contributed by atoms with Crippen LogP contribution in [0.2, 0.25) is 0 Å². The van der Waals surface area contributed by atoms with Crippen LogP contribution in [-0.4, -0.2) is 64.6 Å². The Morgan fingerprint density at radius 1 is 0.791 bits per heavy atom. The topological polar surface area (TPSA) is 152 Å². The van der Waals surface area contributed by atoms with E-state index in [4.69, 9.17) is 28.4 Å². The van der Waals surface area contributed by atoms with Gasteiger partial charge in [0.05, 0.1) is 5.52 Å². The summed E-state index contributed by atoms with van der Waals surface area (Å²) in [6.45, 7) is 6.42. The number of nitrogens with zero attached hydrogens (tertiary/aromatic N) is 1. The lowest BCUT2D eigenvalue weighted by atomic mass is 9.97. The smallest absolute Gasteiger partial charge is 0.303 e. The predicted molar refractivity (Wildman–Crippen MR) is 149 cm³/mol. The maximum absolute atomic E-state index is 12.4. The lowest BCUT2D eigenvalue weighted by molar-refractivity contribution is -0.267. The zero-order valence-electron chi connectivity index (χ0n) is 24.3. The van der Waals surface area contributed by atoms with Gasteiger partial charge in [0.2, 0.25) is 0 Å². The van der Waals surface area contributed by atoms with Gasteiger partial charge in [0.1, 0.15) is 30.7 Å². The summed E-state index contributed by atoms with van der Waals surface area (Å²) >= 11 is 0. The minimum atomic E-state index is -1.29. The Bertz CT molecular complexity index is 1550. The average molecular weight is 596 g/mol. The highest BCUT2D eigenvalue weighted by Crippen LogP contribution is 2.54. The molecule has 0 amide bonds. The highest BCUT2D eigenvalue weighted by Gasteiger charge is 2.53. The Kier molecular flexibility index (Phi) is 8.43. The first-order chi connectivity index (χ1) is 20.4. The van der Waals surface area contributed by atoms with E-state index in [1.807, 2.05) is 31.3 Å². The van der Waals surface area contributed by atoms with Crippen molar-refractivity contribution in [3.05, 3.63) is 65.4 Å². The normalized spacial score (nSPS) is 26.4. The minimum absolute atomic E-state index is 0.150. The van der Waals surface area contributed by atoms with E-state index < -0.39 is 54.5 Å². The van der Waals surface area contributed by atoms with Crippen LogP contribution in [0.4, 0.5) is 0 Å². The molecule has 0 spiro atoms. The molecule has 0 bridgehead atoms. The Morgan fingerprint density at radius 2 is 1.42 bits per heavy atom. The van der Waals surface area contributed by atoms with Crippen molar-refractivity contribution >= 4 is 34.8 Å². The van der Waals surface area contributed by atoms with Gasteiger partial charge in [-0.1, -0.05) is 24.3 Å². The largest absolute Gasteiger partial charge is 0.508 e. The van der Waals surface area contributed by atoms with Crippen molar-refractivity contribution < 1.29 is 52.7 Å². The van der Waals surface area contributed by atoms with E-state index in [1.165, 1.54) is 27.7 Å². The van der Waals surface area contributed by atoms with Crippen LogP contribution in [0, 0.1) is 6.92 Å². The number of aromatic hydroxyl groups is 1. The van der Waals surface area contributed by atoms with Crippen molar-refractivity contribution in [3.63, 3.8) is 0 Å². The Morgan fingerprint density at radius 3 is 2.05 bits per heavy atom. The summed E-state index contributed by atoms with van der Waals surface area (Å²) in [6.07, 6.45) is -4.71. The molecule has 3 heterocycles. The summed E-state index contributed by atoms with van der Waals surface area (Å²) in [5.41, 5.74) is 3.41. The molecule has 1 N–H and O–H groups in total. The Labute approximate surface area is 247 Å². The van der Waals surface area contributed by atoms with Crippen LogP contribution < -0.4 is 0 Å². The van der Waals surface area contributed by atoms with Gasteiger partial charge in [-0.25, -0.2) is 0 Å². The minimum Gasteiger partial charge on any atom is -0.508 e. The van der Waals surface area contributed by atoms with Crippen molar-refractivity contribution in [2.24, 2.45) is 0 Å². The summed E-state index contributed by atoms with van der Waals surface area (Å²) in [4.78, 5) is 48.5. The molecule has 7 atom stereocenters. The molecule has 0 radical (unpaired) electrons. The lowest BCUT2D eigenvalue weighted by Crippen LogP contribution is -2.60. The van der Waals surface area contributed by atoms with Crippen LogP contribution >= 0.6 is 0 Å². The van der Waals surface area contributed by atoms with Gasteiger partial charge < -0.3 is 38.1 Å². The standard InChI is InChI=1S/C31H33NO11/c1-15-7-6-8-23-25(15)22(27-26(43-27)20-9-11-21(37)12-10-20)13-32(23)31-30(41-19(5)36)29(40-18(4)35)28(39-17(3)34)24(42-31)14-38-16(2)33/h6-13,24,26-31,37H,14H2,1-5H3/t24-,26?,27?,28-,29+,30-,31-/m1/s1. The number of fused-ring (bicyclic) bond motifs is 1. The van der Waals surface area contributed by atoms with Gasteiger partial charge in [0, 0.05) is 44.8 Å². The predicted octanol–water partition coefficient (Wildman–Crippen LogP) is 3.72. The van der Waals surface area contributed by atoms with Gasteiger partial charge in [0.15, 0.2) is 24.5 Å². The molecule has 2 aliphatic rings. The highest BCUT2D eigenvalue weighted by atomic mass is 16.7. The highest BCUT2D eigenvalue weighted by molar-refractivity contribution is 5.88. The third-order valence-electron chi connectivity index (χ3n) is 7.36. The first-order valence-electron chi connectivity index (χ1n) is 13.8. The molecule has 1 aromatic heterocycles. The second kappa shape index (κ2) is 12.1.